The van der Waals surface area contributed by atoms with Gasteiger partial charge in [-0.1, -0.05) is 5.16 Å². The fourth-order valence-corrected chi connectivity index (χ4v) is 2.15. The molecule has 2 heterocycles. The molecule has 1 aromatic carbocycles. The first-order chi connectivity index (χ1) is 11.1. The Bertz CT molecular complexity index is 898. The largest absolute Gasteiger partial charge is 0.497 e. The molecule has 0 bridgehead atoms. The van der Waals surface area contributed by atoms with Crippen molar-refractivity contribution < 1.29 is 14.0 Å². The summed E-state index contributed by atoms with van der Waals surface area (Å²) in [5.41, 5.74) is 1.25. The van der Waals surface area contributed by atoms with Gasteiger partial charge in [-0.25, -0.2) is 0 Å². The molecule has 0 radical (unpaired) electrons. The molecule has 0 fully saturated rings. The SMILES string of the molecule is COc1ccc(-c2nc(-c3ccc(=O)n(C)c3)no2)c(OC)c1. The fourth-order valence-electron chi connectivity index (χ4n) is 2.15. The summed E-state index contributed by atoms with van der Waals surface area (Å²) in [6.07, 6.45) is 1.65. The van der Waals surface area contributed by atoms with Gasteiger partial charge in [-0.15, -0.1) is 0 Å². The maximum absolute atomic E-state index is 11.4. The predicted molar refractivity (Wildman–Crippen MR) is 83.5 cm³/mol. The fraction of sp³-hybridized carbons (Fsp3) is 0.188. The van der Waals surface area contributed by atoms with Crippen LogP contribution in [0.3, 0.4) is 0 Å². The summed E-state index contributed by atoms with van der Waals surface area (Å²) in [4.78, 5) is 15.8. The lowest BCUT2D eigenvalue weighted by Gasteiger charge is -2.06. The van der Waals surface area contributed by atoms with Crippen molar-refractivity contribution in [2.45, 2.75) is 0 Å². The molecule has 7 heteroatoms. The molecule has 7 nitrogen and oxygen atoms in total. The summed E-state index contributed by atoms with van der Waals surface area (Å²) in [5.74, 6) is 1.96. The van der Waals surface area contributed by atoms with Crippen molar-refractivity contribution in [3.05, 3.63) is 46.9 Å². The molecule has 0 atom stereocenters. The van der Waals surface area contributed by atoms with E-state index in [9.17, 15) is 4.79 Å². The zero-order chi connectivity index (χ0) is 16.4. The highest BCUT2D eigenvalue weighted by molar-refractivity contribution is 5.66. The average Bonchev–Trinajstić information content (AvgIpc) is 3.06. The van der Waals surface area contributed by atoms with Gasteiger partial charge in [-0.3, -0.25) is 4.79 Å². The quantitative estimate of drug-likeness (QED) is 0.734. The Hall–Kier alpha value is -3.09. The van der Waals surface area contributed by atoms with E-state index in [-0.39, 0.29) is 5.56 Å². The first kappa shape index (κ1) is 14.8. The van der Waals surface area contributed by atoms with Gasteiger partial charge in [-0.05, 0) is 18.2 Å². The Balaban J connectivity index is 2.02. The topological polar surface area (TPSA) is 79.4 Å². The number of ether oxygens (including phenoxy) is 2. The molecule has 2 aromatic heterocycles. The van der Waals surface area contributed by atoms with Crippen molar-refractivity contribution in [2.75, 3.05) is 14.2 Å². The minimum atomic E-state index is -0.103. The summed E-state index contributed by atoms with van der Waals surface area (Å²) in [6.45, 7) is 0. The Morgan fingerprint density at radius 2 is 1.96 bits per heavy atom. The lowest BCUT2D eigenvalue weighted by Crippen LogP contribution is -2.14. The third-order valence-corrected chi connectivity index (χ3v) is 3.41. The number of nitrogens with zero attached hydrogens (tertiary/aromatic N) is 3. The molecule has 0 aliphatic heterocycles. The zero-order valence-electron chi connectivity index (χ0n) is 12.9. The zero-order valence-corrected chi connectivity index (χ0v) is 12.9. The van der Waals surface area contributed by atoms with Crippen LogP contribution in [-0.2, 0) is 7.05 Å². The molecular formula is C16H15N3O4. The van der Waals surface area contributed by atoms with Crippen LogP contribution >= 0.6 is 0 Å². The molecule has 0 spiro atoms. The summed E-state index contributed by atoms with van der Waals surface area (Å²) in [6, 6.07) is 8.43. The number of benzene rings is 1. The van der Waals surface area contributed by atoms with Gasteiger partial charge in [0.05, 0.1) is 19.8 Å². The van der Waals surface area contributed by atoms with Crippen LogP contribution < -0.4 is 15.0 Å². The Kier molecular flexibility index (Phi) is 3.84. The molecule has 0 saturated carbocycles. The lowest BCUT2D eigenvalue weighted by molar-refractivity contribution is 0.391. The van der Waals surface area contributed by atoms with Crippen LogP contribution in [0, 0.1) is 0 Å². The number of hydrogen-bond acceptors (Lipinski definition) is 6. The third-order valence-electron chi connectivity index (χ3n) is 3.41. The van der Waals surface area contributed by atoms with Gasteiger partial charge < -0.3 is 18.6 Å². The molecule has 0 N–H and O–H groups in total. The van der Waals surface area contributed by atoms with E-state index in [4.69, 9.17) is 14.0 Å². The van der Waals surface area contributed by atoms with Gasteiger partial charge in [-0.2, -0.15) is 4.98 Å². The number of aryl methyl sites for hydroxylation is 1. The van der Waals surface area contributed by atoms with Crippen molar-refractivity contribution in [3.8, 4) is 34.3 Å². The van der Waals surface area contributed by atoms with Gasteiger partial charge in [0, 0.05) is 30.9 Å². The maximum atomic E-state index is 11.4. The molecule has 0 aliphatic rings. The van der Waals surface area contributed by atoms with Gasteiger partial charge >= 0.3 is 0 Å². The van der Waals surface area contributed by atoms with Crippen molar-refractivity contribution in [1.82, 2.24) is 14.7 Å². The van der Waals surface area contributed by atoms with Crippen LogP contribution in [0.4, 0.5) is 0 Å². The van der Waals surface area contributed by atoms with Crippen LogP contribution in [0.25, 0.3) is 22.8 Å². The van der Waals surface area contributed by atoms with E-state index in [1.807, 2.05) is 0 Å². The summed E-state index contributed by atoms with van der Waals surface area (Å²) >= 11 is 0. The molecular weight excluding hydrogens is 298 g/mol. The highest BCUT2D eigenvalue weighted by Gasteiger charge is 2.16. The van der Waals surface area contributed by atoms with Gasteiger partial charge in [0.2, 0.25) is 11.4 Å². The number of pyridine rings is 1. The third kappa shape index (κ3) is 2.80. The first-order valence-electron chi connectivity index (χ1n) is 6.85. The maximum Gasteiger partial charge on any atom is 0.262 e. The van der Waals surface area contributed by atoms with Crippen LogP contribution in [0.2, 0.25) is 0 Å². The molecule has 0 saturated heterocycles. The molecule has 0 aliphatic carbocycles. The van der Waals surface area contributed by atoms with Gasteiger partial charge in [0.25, 0.3) is 5.89 Å². The van der Waals surface area contributed by atoms with Crippen LogP contribution in [0.5, 0.6) is 11.5 Å². The van der Waals surface area contributed by atoms with E-state index in [2.05, 4.69) is 10.1 Å². The molecule has 3 rings (SSSR count). The van der Waals surface area contributed by atoms with E-state index in [0.29, 0.717) is 34.3 Å². The average molecular weight is 313 g/mol. The summed E-state index contributed by atoms with van der Waals surface area (Å²) in [7, 11) is 4.81. The van der Waals surface area contributed by atoms with Crippen molar-refractivity contribution >= 4 is 0 Å². The first-order valence-corrected chi connectivity index (χ1v) is 6.85. The highest BCUT2D eigenvalue weighted by Crippen LogP contribution is 2.33. The molecule has 23 heavy (non-hydrogen) atoms. The van der Waals surface area contributed by atoms with E-state index in [1.54, 1.807) is 51.7 Å². The minimum Gasteiger partial charge on any atom is -0.497 e. The lowest BCUT2D eigenvalue weighted by atomic mass is 10.2. The molecule has 3 aromatic rings. The molecule has 118 valence electrons. The predicted octanol–water partition coefficient (Wildman–Crippen LogP) is 2.12. The number of rotatable bonds is 4. The number of hydrogen-bond donors (Lipinski definition) is 0. The van der Waals surface area contributed by atoms with Crippen molar-refractivity contribution in [2.24, 2.45) is 7.05 Å². The summed E-state index contributed by atoms with van der Waals surface area (Å²) < 4.78 is 17.3. The standard InChI is InChI=1S/C16H15N3O4/c1-19-9-10(4-7-14(19)20)15-17-16(23-18-15)12-6-5-11(21-2)8-13(12)22-3/h4-9H,1-3H3. The second-order valence-electron chi connectivity index (χ2n) is 4.86. The Morgan fingerprint density at radius 1 is 1.13 bits per heavy atom. The molecule has 0 unspecified atom stereocenters. The van der Waals surface area contributed by atoms with Crippen LogP contribution in [-0.4, -0.2) is 28.9 Å². The minimum absolute atomic E-state index is 0.103. The van der Waals surface area contributed by atoms with Crippen molar-refractivity contribution in [1.29, 1.82) is 0 Å². The Labute approximate surface area is 132 Å². The van der Waals surface area contributed by atoms with Crippen molar-refractivity contribution in [3.63, 3.8) is 0 Å². The van der Waals surface area contributed by atoms with Crippen LogP contribution in [0.15, 0.2) is 45.8 Å². The van der Waals surface area contributed by atoms with E-state index in [0.717, 1.165) is 0 Å². The summed E-state index contributed by atoms with van der Waals surface area (Å²) in [5, 5.41) is 3.96. The number of aromatic nitrogens is 3. The smallest absolute Gasteiger partial charge is 0.262 e. The van der Waals surface area contributed by atoms with Crippen LogP contribution in [0.1, 0.15) is 0 Å². The monoisotopic (exact) mass is 313 g/mol. The second-order valence-corrected chi connectivity index (χ2v) is 4.86. The van der Waals surface area contributed by atoms with Gasteiger partial charge in [0.1, 0.15) is 11.5 Å². The highest BCUT2D eigenvalue weighted by atomic mass is 16.5. The molecule has 0 amide bonds. The van der Waals surface area contributed by atoms with Gasteiger partial charge in [0.15, 0.2) is 0 Å². The van der Waals surface area contributed by atoms with E-state index < -0.39 is 0 Å². The van der Waals surface area contributed by atoms with E-state index in [1.165, 1.54) is 10.6 Å². The number of methoxy groups -OCH3 is 2. The Morgan fingerprint density at radius 3 is 2.65 bits per heavy atom. The normalized spacial score (nSPS) is 10.6. The van der Waals surface area contributed by atoms with E-state index >= 15 is 0 Å². The second kappa shape index (κ2) is 5.96.